The number of hydrogen-bond donors (Lipinski definition) is 2. The van der Waals surface area contributed by atoms with E-state index in [1.807, 2.05) is 48.5 Å². The van der Waals surface area contributed by atoms with Crippen LogP contribution in [0.1, 0.15) is 36.8 Å². The van der Waals surface area contributed by atoms with Gasteiger partial charge in [0.05, 0.1) is 0 Å². The van der Waals surface area contributed by atoms with Gasteiger partial charge in [-0.05, 0) is 49.2 Å². The molecule has 24 heavy (non-hydrogen) atoms. The first-order valence-corrected chi connectivity index (χ1v) is 8.12. The fourth-order valence-corrected chi connectivity index (χ4v) is 4.03. The number of hydrogen-bond acceptors (Lipinski definition) is 4. The van der Waals surface area contributed by atoms with Crippen LogP contribution in [0, 0.1) is 11.8 Å². The maximum atomic E-state index is 12.3. The van der Waals surface area contributed by atoms with E-state index in [9.17, 15) is 9.59 Å². The van der Waals surface area contributed by atoms with Crippen molar-refractivity contribution in [3.63, 3.8) is 0 Å². The Labute approximate surface area is 141 Å². The zero-order valence-electron chi connectivity index (χ0n) is 13.9. The van der Waals surface area contributed by atoms with Gasteiger partial charge < -0.3 is 11.5 Å². The number of benzene rings is 2. The molecular weight excluding hydrogens is 300 g/mol. The maximum Gasteiger partial charge on any atom is 0.134 e. The Balaban J connectivity index is 2.03. The van der Waals surface area contributed by atoms with E-state index in [2.05, 4.69) is 0 Å². The van der Waals surface area contributed by atoms with Gasteiger partial charge in [0.15, 0.2) is 0 Å². The van der Waals surface area contributed by atoms with Gasteiger partial charge in [-0.3, -0.25) is 9.59 Å². The van der Waals surface area contributed by atoms with Crippen molar-refractivity contribution in [3.05, 3.63) is 59.7 Å². The molecule has 0 amide bonds. The predicted molar refractivity (Wildman–Crippen MR) is 95.5 cm³/mol. The normalized spacial score (nSPS) is 25.8. The molecule has 1 aliphatic rings. The third-order valence-corrected chi connectivity index (χ3v) is 5.13. The van der Waals surface area contributed by atoms with Gasteiger partial charge in [-0.2, -0.15) is 0 Å². The summed E-state index contributed by atoms with van der Waals surface area (Å²) >= 11 is 0. The first-order chi connectivity index (χ1) is 11.4. The second-order valence-electron chi connectivity index (χ2n) is 6.66. The molecule has 0 aromatic heterocycles. The summed E-state index contributed by atoms with van der Waals surface area (Å²) in [6, 6.07) is 15.0. The summed E-state index contributed by atoms with van der Waals surface area (Å²) < 4.78 is 0. The zero-order chi connectivity index (χ0) is 17.4. The monoisotopic (exact) mass is 322 g/mol. The fourth-order valence-electron chi connectivity index (χ4n) is 4.03. The molecule has 2 aromatic rings. The number of carbonyl (C=O) groups excluding carboxylic acids is 2. The van der Waals surface area contributed by atoms with Crippen LogP contribution in [0.3, 0.4) is 0 Å². The van der Waals surface area contributed by atoms with Gasteiger partial charge >= 0.3 is 0 Å². The Kier molecular flexibility index (Phi) is 4.14. The molecule has 0 bridgehead atoms. The Bertz CT molecular complexity index is 690. The lowest BCUT2D eigenvalue weighted by Crippen LogP contribution is -2.49. The topological polar surface area (TPSA) is 86.2 Å². The highest BCUT2D eigenvalue weighted by atomic mass is 16.1. The zero-order valence-corrected chi connectivity index (χ0v) is 13.9. The van der Waals surface area contributed by atoms with Crippen LogP contribution in [0.2, 0.25) is 0 Å². The highest BCUT2D eigenvalue weighted by Crippen LogP contribution is 2.58. The van der Waals surface area contributed by atoms with Crippen molar-refractivity contribution in [3.8, 4) is 0 Å². The number of nitrogen functional groups attached to an aromatic ring is 2. The van der Waals surface area contributed by atoms with Crippen molar-refractivity contribution in [1.29, 1.82) is 0 Å². The van der Waals surface area contributed by atoms with E-state index in [1.54, 1.807) is 13.8 Å². The van der Waals surface area contributed by atoms with E-state index in [-0.39, 0.29) is 35.2 Å². The average molecular weight is 322 g/mol. The number of ketones is 2. The quantitative estimate of drug-likeness (QED) is 0.847. The number of Topliss-reactive ketones (excluding diaryl/α,β-unsaturated/α-hetero) is 2. The van der Waals surface area contributed by atoms with E-state index in [4.69, 9.17) is 11.5 Å². The van der Waals surface area contributed by atoms with Crippen LogP contribution >= 0.6 is 0 Å². The van der Waals surface area contributed by atoms with Crippen LogP contribution in [0.5, 0.6) is 0 Å². The van der Waals surface area contributed by atoms with E-state index in [1.165, 1.54) is 0 Å². The van der Waals surface area contributed by atoms with Crippen LogP contribution in [-0.2, 0) is 9.59 Å². The van der Waals surface area contributed by atoms with E-state index in [0.717, 1.165) is 11.1 Å². The van der Waals surface area contributed by atoms with Gasteiger partial charge in [0.1, 0.15) is 11.6 Å². The number of nitrogens with two attached hydrogens (primary N) is 2. The summed E-state index contributed by atoms with van der Waals surface area (Å²) in [5, 5.41) is 0. The first-order valence-electron chi connectivity index (χ1n) is 8.12. The molecule has 1 aliphatic carbocycles. The predicted octanol–water partition coefficient (Wildman–Crippen LogP) is 3.14. The van der Waals surface area contributed by atoms with Gasteiger partial charge in [-0.1, -0.05) is 24.3 Å². The largest absolute Gasteiger partial charge is 0.399 e. The second-order valence-corrected chi connectivity index (χ2v) is 6.66. The van der Waals surface area contributed by atoms with Gasteiger partial charge in [-0.15, -0.1) is 0 Å². The molecule has 2 aromatic carbocycles. The molecule has 1 saturated carbocycles. The second kappa shape index (κ2) is 6.11. The first kappa shape index (κ1) is 16.2. The maximum absolute atomic E-state index is 12.3. The van der Waals surface area contributed by atoms with Crippen molar-refractivity contribution in [2.24, 2.45) is 11.8 Å². The van der Waals surface area contributed by atoms with Crippen molar-refractivity contribution in [2.45, 2.75) is 25.7 Å². The fraction of sp³-hybridized carbons (Fsp3) is 0.300. The third kappa shape index (κ3) is 2.68. The van der Waals surface area contributed by atoms with Crippen LogP contribution in [0.15, 0.2) is 48.5 Å². The van der Waals surface area contributed by atoms with Crippen molar-refractivity contribution >= 4 is 22.9 Å². The van der Waals surface area contributed by atoms with E-state index < -0.39 is 0 Å². The smallest absolute Gasteiger partial charge is 0.134 e. The molecule has 124 valence electrons. The molecule has 0 aliphatic heterocycles. The minimum atomic E-state index is -0.203. The summed E-state index contributed by atoms with van der Waals surface area (Å²) in [5.74, 6) is -0.379. The van der Waals surface area contributed by atoms with Gasteiger partial charge in [0, 0.05) is 35.0 Å². The molecule has 1 fully saturated rings. The number of carbonyl (C=O) groups is 2. The number of anilines is 2. The molecule has 0 unspecified atom stereocenters. The van der Waals surface area contributed by atoms with Crippen LogP contribution < -0.4 is 11.5 Å². The molecule has 4 nitrogen and oxygen atoms in total. The lowest BCUT2D eigenvalue weighted by atomic mass is 9.50. The Hall–Kier alpha value is -2.62. The molecular formula is C20H22N2O2. The molecule has 4 N–H and O–H groups in total. The molecule has 3 rings (SSSR count). The Morgan fingerprint density at radius 1 is 0.667 bits per heavy atom. The van der Waals surface area contributed by atoms with Crippen molar-refractivity contribution in [1.82, 2.24) is 0 Å². The molecule has 0 spiro atoms. The van der Waals surface area contributed by atoms with Gasteiger partial charge in [0.2, 0.25) is 0 Å². The molecule has 4 heteroatoms. The minimum absolute atomic E-state index is 0.0943. The van der Waals surface area contributed by atoms with Crippen LogP contribution in [0.4, 0.5) is 11.4 Å². The van der Waals surface area contributed by atoms with Gasteiger partial charge in [0.25, 0.3) is 0 Å². The standard InChI is InChI=1S/C20H22N2O2/c1-11(23)17-19(13-3-7-15(21)8-4-13)18(12(2)24)20(17)14-5-9-16(22)10-6-14/h3-10,17-20H,21-22H2,1-2H3. The Morgan fingerprint density at radius 2 is 0.958 bits per heavy atom. The van der Waals surface area contributed by atoms with E-state index in [0.29, 0.717) is 11.4 Å². The van der Waals surface area contributed by atoms with Crippen molar-refractivity contribution < 1.29 is 9.59 Å². The summed E-state index contributed by atoms with van der Waals surface area (Å²) in [6.45, 7) is 3.21. The van der Waals surface area contributed by atoms with Crippen LogP contribution in [0.25, 0.3) is 0 Å². The summed E-state index contributed by atoms with van der Waals surface area (Å²) in [6.07, 6.45) is 0. The van der Waals surface area contributed by atoms with Gasteiger partial charge in [-0.25, -0.2) is 0 Å². The van der Waals surface area contributed by atoms with E-state index >= 15 is 0 Å². The number of rotatable bonds is 4. The summed E-state index contributed by atoms with van der Waals surface area (Å²) in [7, 11) is 0. The molecule has 0 radical (unpaired) electrons. The Morgan fingerprint density at radius 3 is 1.21 bits per heavy atom. The average Bonchev–Trinajstić information content (AvgIpc) is 2.49. The third-order valence-electron chi connectivity index (χ3n) is 5.13. The van der Waals surface area contributed by atoms with Crippen molar-refractivity contribution in [2.75, 3.05) is 11.5 Å². The SMILES string of the molecule is CC(=O)C1C(c2ccc(N)cc2)C(C(C)=O)C1c1ccc(N)cc1. The van der Waals surface area contributed by atoms with Crippen LogP contribution in [-0.4, -0.2) is 11.6 Å². The highest BCUT2D eigenvalue weighted by Gasteiger charge is 2.55. The molecule has 0 saturated heterocycles. The summed E-state index contributed by atoms with van der Waals surface area (Å²) in [4.78, 5) is 24.7. The minimum Gasteiger partial charge on any atom is -0.399 e. The highest BCUT2D eigenvalue weighted by molar-refractivity contribution is 5.90. The lowest BCUT2D eigenvalue weighted by molar-refractivity contribution is -0.135. The molecule has 0 heterocycles. The summed E-state index contributed by atoms with van der Waals surface area (Å²) in [5.41, 5.74) is 14.9. The molecule has 0 atom stereocenters. The lowest BCUT2D eigenvalue weighted by Gasteiger charge is -2.50.